The molecule has 1 fully saturated rings. The van der Waals surface area contributed by atoms with Crippen molar-refractivity contribution in [1.82, 2.24) is 14.3 Å². The number of nitrogens with one attached hydrogen (secondary N) is 1. The Morgan fingerprint density at radius 2 is 2.16 bits per heavy atom. The summed E-state index contributed by atoms with van der Waals surface area (Å²) in [6.45, 7) is 3.58. The van der Waals surface area contributed by atoms with E-state index in [2.05, 4.69) is 9.71 Å². The van der Waals surface area contributed by atoms with Gasteiger partial charge in [-0.25, -0.2) is 18.1 Å². The summed E-state index contributed by atoms with van der Waals surface area (Å²) in [5.74, 6) is 0.0938. The Bertz CT molecular complexity index is 847. The average molecular weight is 362 g/mol. The molecule has 3 rings (SSSR count). The smallest absolute Gasteiger partial charge is 0.240 e. The third-order valence-corrected chi connectivity index (χ3v) is 5.75. The van der Waals surface area contributed by atoms with Gasteiger partial charge in [-0.3, -0.25) is 4.79 Å². The standard InChI is InChI=1S/C17H22N4O3S/c1-14-12-15(5-6-16(14)21-10-2-4-17(21)22)25(23,24)19-7-3-9-20-11-8-18-13-20/h5-6,8,11-13,19H,2-4,7,9-10H2,1H3. The number of anilines is 1. The minimum Gasteiger partial charge on any atom is -0.337 e. The zero-order valence-corrected chi connectivity index (χ0v) is 15.0. The van der Waals surface area contributed by atoms with E-state index in [0.29, 0.717) is 32.5 Å². The lowest BCUT2D eigenvalue weighted by Gasteiger charge is -2.19. The Labute approximate surface area is 147 Å². The molecule has 1 N–H and O–H groups in total. The van der Waals surface area contributed by atoms with E-state index in [1.807, 2.05) is 17.7 Å². The van der Waals surface area contributed by atoms with Crippen molar-refractivity contribution in [2.24, 2.45) is 0 Å². The molecule has 25 heavy (non-hydrogen) atoms. The molecule has 0 radical (unpaired) electrons. The number of hydrogen-bond acceptors (Lipinski definition) is 4. The van der Waals surface area contributed by atoms with Crippen molar-refractivity contribution in [2.75, 3.05) is 18.0 Å². The van der Waals surface area contributed by atoms with Gasteiger partial charge in [-0.05, 0) is 43.5 Å². The molecule has 1 aromatic heterocycles. The lowest BCUT2D eigenvalue weighted by Crippen LogP contribution is -2.27. The van der Waals surface area contributed by atoms with E-state index >= 15 is 0 Å². The molecule has 0 bridgehead atoms. The zero-order chi connectivity index (χ0) is 17.9. The highest BCUT2D eigenvalue weighted by molar-refractivity contribution is 7.89. The SMILES string of the molecule is Cc1cc(S(=O)(=O)NCCCn2ccnc2)ccc1N1CCCC1=O. The van der Waals surface area contributed by atoms with Crippen molar-refractivity contribution in [1.29, 1.82) is 0 Å². The van der Waals surface area contributed by atoms with E-state index in [1.165, 1.54) is 0 Å². The van der Waals surface area contributed by atoms with Crippen LogP contribution in [0.15, 0.2) is 41.8 Å². The van der Waals surface area contributed by atoms with Crippen LogP contribution in [0.25, 0.3) is 0 Å². The Kier molecular flexibility index (Phi) is 5.19. The van der Waals surface area contributed by atoms with E-state index in [4.69, 9.17) is 0 Å². The van der Waals surface area contributed by atoms with Crippen LogP contribution >= 0.6 is 0 Å². The molecule has 2 aromatic rings. The number of hydrogen-bond donors (Lipinski definition) is 1. The summed E-state index contributed by atoms with van der Waals surface area (Å²) in [7, 11) is -3.56. The van der Waals surface area contributed by atoms with E-state index in [1.54, 1.807) is 35.6 Å². The van der Waals surface area contributed by atoms with Crippen LogP contribution in [0.1, 0.15) is 24.8 Å². The second kappa shape index (κ2) is 7.37. The first-order valence-corrected chi connectivity index (χ1v) is 9.82. The molecule has 1 saturated heterocycles. The lowest BCUT2D eigenvalue weighted by atomic mass is 10.2. The number of carbonyl (C=O) groups excluding carboxylic acids is 1. The fraction of sp³-hybridized carbons (Fsp3) is 0.412. The highest BCUT2D eigenvalue weighted by Gasteiger charge is 2.24. The van der Waals surface area contributed by atoms with Gasteiger partial charge in [0.05, 0.1) is 11.2 Å². The second-order valence-corrected chi connectivity index (χ2v) is 7.92. The molecule has 0 atom stereocenters. The number of benzene rings is 1. The third kappa shape index (κ3) is 4.08. The average Bonchev–Trinajstić information content (AvgIpc) is 3.23. The molecule has 1 aliphatic heterocycles. The Morgan fingerprint density at radius 1 is 1.32 bits per heavy atom. The molecular weight excluding hydrogens is 340 g/mol. The maximum Gasteiger partial charge on any atom is 0.240 e. The first-order valence-electron chi connectivity index (χ1n) is 8.34. The number of rotatable bonds is 7. The molecule has 0 aliphatic carbocycles. The van der Waals surface area contributed by atoms with Gasteiger partial charge in [-0.15, -0.1) is 0 Å². The topological polar surface area (TPSA) is 84.3 Å². The van der Waals surface area contributed by atoms with Crippen LogP contribution in [-0.2, 0) is 21.4 Å². The molecular formula is C17H22N4O3S. The van der Waals surface area contributed by atoms with Gasteiger partial charge >= 0.3 is 0 Å². The number of amides is 1. The van der Waals surface area contributed by atoms with Crippen LogP contribution < -0.4 is 9.62 Å². The van der Waals surface area contributed by atoms with Crippen LogP contribution in [0.4, 0.5) is 5.69 Å². The monoisotopic (exact) mass is 362 g/mol. The zero-order valence-electron chi connectivity index (χ0n) is 14.2. The molecule has 1 aliphatic rings. The number of nitrogens with zero attached hydrogens (tertiary/aromatic N) is 3. The van der Waals surface area contributed by atoms with Gasteiger partial charge in [-0.1, -0.05) is 0 Å². The van der Waals surface area contributed by atoms with Crippen molar-refractivity contribution in [2.45, 2.75) is 37.6 Å². The summed E-state index contributed by atoms with van der Waals surface area (Å²) in [6.07, 6.45) is 7.32. The molecule has 8 heteroatoms. The van der Waals surface area contributed by atoms with Crippen LogP contribution in [0.2, 0.25) is 0 Å². The van der Waals surface area contributed by atoms with Gasteiger partial charge in [0.25, 0.3) is 0 Å². The molecule has 0 saturated carbocycles. The van der Waals surface area contributed by atoms with Crippen molar-refractivity contribution in [3.05, 3.63) is 42.5 Å². The minimum atomic E-state index is -3.56. The maximum absolute atomic E-state index is 12.4. The minimum absolute atomic E-state index is 0.0938. The first-order chi connectivity index (χ1) is 12.0. The van der Waals surface area contributed by atoms with Gasteiger partial charge in [0, 0.05) is 44.1 Å². The number of aryl methyl sites for hydroxylation is 2. The normalized spacial score (nSPS) is 15.1. The fourth-order valence-corrected chi connectivity index (χ4v) is 4.13. The number of carbonyl (C=O) groups is 1. The third-order valence-electron chi connectivity index (χ3n) is 4.29. The quantitative estimate of drug-likeness (QED) is 0.760. The fourth-order valence-electron chi connectivity index (χ4n) is 2.97. The molecule has 7 nitrogen and oxygen atoms in total. The lowest BCUT2D eigenvalue weighted by molar-refractivity contribution is -0.117. The second-order valence-electron chi connectivity index (χ2n) is 6.15. The van der Waals surface area contributed by atoms with Crippen molar-refractivity contribution < 1.29 is 13.2 Å². The summed E-state index contributed by atoms with van der Waals surface area (Å²) in [6, 6.07) is 4.91. The van der Waals surface area contributed by atoms with Gasteiger partial charge in [0.2, 0.25) is 15.9 Å². The first kappa shape index (κ1) is 17.6. The number of imidazole rings is 1. The summed E-state index contributed by atoms with van der Waals surface area (Å²) in [5, 5.41) is 0. The van der Waals surface area contributed by atoms with Crippen molar-refractivity contribution in [3.63, 3.8) is 0 Å². The summed E-state index contributed by atoms with van der Waals surface area (Å²) < 4.78 is 29.4. The van der Waals surface area contributed by atoms with Gasteiger partial charge in [-0.2, -0.15) is 0 Å². The van der Waals surface area contributed by atoms with Gasteiger partial charge in [0.15, 0.2) is 0 Å². The molecule has 2 heterocycles. The number of sulfonamides is 1. The molecule has 1 amide bonds. The molecule has 134 valence electrons. The van der Waals surface area contributed by atoms with E-state index in [0.717, 1.165) is 17.7 Å². The Balaban J connectivity index is 1.63. The summed E-state index contributed by atoms with van der Waals surface area (Å²) >= 11 is 0. The molecule has 0 unspecified atom stereocenters. The van der Waals surface area contributed by atoms with Gasteiger partial charge < -0.3 is 9.47 Å². The van der Waals surface area contributed by atoms with E-state index < -0.39 is 10.0 Å². The highest BCUT2D eigenvalue weighted by Crippen LogP contribution is 2.27. The Hall–Kier alpha value is -2.19. The Morgan fingerprint density at radius 3 is 2.80 bits per heavy atom. The predicted molar refractivity (Wildman–Crippen MR) is 94.8 cm³/mol. The summed E-state index contributed by atoms with van der Waals surface area (Å²) in [4.78, 5) is 17.8. The van der Waals surface area contributed by atoms with Crippen molar-refractivity contribution in [3.8, 4) is 0 Å². The van der Waals surface area contributed by atoms with Gasteiger partial charge in [0.1, 0.15) is 0 Å². The highest BCUT2D eigenvalue weighted by atomic mass is 32.2. The summed E-state index contributed by atoms with van der Waals surface area (Å²) in [5.41, 5.74) is 1.58. The van der Waals surface area contributed by atoms with Crippen LogP contribution in [0.5, 0.6) is 0 Å². The molecule has 0 spiro atoms. The van der Waals surface area contributed by atoms with E-state index in [-0.39, 0.29) is 10.8 Å². The van der Waals surface area contributed by atoms with Crippen LogP contribution in [0, 0.1) is 6.92 Å². The largest absolute Gasteiger partial charge is 0.337 e. The van der Waals surface area contributed by atoms with Crippen LogP contribution in [-0.4, -0.2) is 37.0 Å². The molecule has 1 aromatic carbocycles. The van der Waals surface area contributed by atoms with E-state index in [9.17, 15) is 13.2 Å². The maximum atomic E-state index is 12.4. The van der Waals surface area contributed by atoms with Crippen LogP contribution in [0.3, 0.4) is 0 Å². The van der Waals surface area contributed by atoms with Crippen molar-refractivity contribution >= 4 is 21.6 Å². The predicted octanol–water partition coefficient (Wildman–Crippen LogP) is 1.69. The number of aromatic nitrogens is 2.